The summed E-state index contributed by atoms with van der Waals surface area (Å²) in [6.45, 7) is 6.24. The van der Waals surface area contributed by atoms with Crippen molar-refractivity contribution in [1.82, 2.24) is 10.2 Å². The van der Waals surface area contributed by atoms with Gasteiger partial charge in [-0.25, -0.2) is 0 Å². The van der Waals surface area contributed by atoms with E-state index in [4.69, 9.17) is 10.00 Å². The number of hydrogen-bond donors (Lipinski definition) is 1. The maximum Gasteiger partial charge on any atom is 0.0991 e. The molecule has 0 bridgehead atoms. The van der Waals surface area contributed by atoms with Crippen molar-refractivity contribution >= 4 is 0 Å². The molecule has 4 nitrogen and oxygen atoms in total. The van der Waals surface area contributed by atoms with Crippen molar-refractivity contribution < 1.29 is 4.74 Å². The molecule has 1 aromatic rings. The van der Waals surface area contributed by atoms with E-state index in [0.717, 1.165) is 31.7 Å². The molecule has 0 amide bonds. The average Bonchev–Trinajstić information content (AvgIpc) is 2.54. The van der Waals surface area contributed by atoms with Crippen LogP contribution < -0.4 is 5.32 Å². The second kappa shape index (κ2) is 8.14. The number of hydrogen-bond acceptors (Lipinski definition) is 4. The van der Waals surface area contributed by atoms with Crippen LogP contribution in [0.25, 0.3) is 0 Å². The van der Waals surface area contributed by atoms with E-state index in [1.807, 2.05) is 12.1 Å². The van der Waals surface area contributed by atoms with Crippen LogP contribution in [0.1, 0.15) is 30.9 Å². The maximum absolute atomic E-state index is 8.81. The number of piperidine rings is 1. The molecule has 0 spiro atoms. The van der Waals surface area contributed by atoms with Crippen molar-refractivity contribution in [3.05, 3.63) is 35.4 Å². The van der Waals surface area contributed by atoms with E-state index in [2.05, 4.69) is 35.3 Å². The monoisotopic (exact) mass is 287 g/mol. The van der Waals surface area contributed by atoms with Crippen molar-refractivity contribution in [2.24, 2.45) is 0 Å². The number of methoxy groups -OCH3 is 1. The number of nitrogens with zero attached hydrogens (tertiary/aromatic N) is 2. The average molecular weight is 287 g/mol. The Balaban J connectivity index is 1.72. The highest BCUT2D eigenvalue weighted by Crippen LogP contribution is 2.14. The SMILES string of the molecule is CO[C@H](C)CNC1CCN(Cc2ccc(C#N)cc2)CC1. The van der Waals surface area contributed by atoms with Gasteiger partial charge in [-0.2, -0.15) is 5.26 Å². The zero-order chi connectivity index (χ0) is 15.1. The van der Waals surface area contributed by atoms with Gasteiger partial charge in [0.1, 0.15) is 0 Å². The number of nitriles is 1. The highest BCUT2D eigenvalue weighted by Gasteiger charge is 2.19. The molecule has 1 heterocycles. The van der Waals surface area contributed by atoms with Crippen LogP contribution in [0.4, 0.5) is 0 Å². The second-order valence-corrected chi connectivity index (χ2v) is 5.81. The van der Waals surface area contributed by atoms with Crippen LogP contribution in [-0.4, -0.2) is 43.8 Å². The van der Waals surface area contributed by atoms with Gasteiger partial charge in [0.05, 0.1) is 17.7 Å². The van der Waals surface area contributed by atoms with E-state index in [1.165, 1.54) is 18.4 Å². The number of benzene rings is 1. The molecule has 1 aliphatic heterocycles. The molecule has 21 heavy (non-hydrogen) atoms. The Morgan fingerprint density at radius 3 is 2.57 bits per heavy atom. The lowest BCUT2D eigenvalue weighted by Crippen LogP contribution is -2.44. The highest BCUT2D eigenvalue weighted by molar-refractivity contribution is 5.31. The molecular weight excluding hydrogens is 262 g/mol. The molecule has 0 aromatic heterocycles. The van der Waals surface area contributed by atoms with Gasteiger partial charge in [0.2, 0.25) is 0 Å². The molecule has 0 unspecified atom stereocenters. The van der Waals surface area contributed by atoms with Crippen LogP contribution in [-0.2, 0) is 11.3 Å². The Morgan fingerprint density at radius 1 is 1.33 bits per heavy atom. The smallest absolute Gasteiger partial charge is 0.0991 e. The summed E-state index contributed by atoms with van der Waals surface area (Å²) in [5.41, 5.74) is 2.02. The minimum absolute atomic E-state index is 0.279. The van der Waals surface area contributed by atoms with Crippen LogP contribution in [0.2, 0.25) is 0 Å². The van der Waals surface area contributed by atoms with Gasteiger partial charge in [-0.05, 0) is 50.6 Å². The van der Waals surface area contributed by atoms with E-state index in [9.17, 15) is 0 Å². The van der Waals surface area contributed by atoms with E-state index >= 15 is 0 Å². The van der Waals surface area contributed by atoms with E-state index in [1.54, 1.807) is 7.11 Å². The molecule has 1 fully saturated rings. The number of rotatable bonds is 6. The number of ether oxygens (including phenoxy) is 1. The molecule has 1 aromatic carbocycles. The van der Waals surface area contributed by atoms with Gasteiger partial charge in [-0.3, -0.25) is 4.90 Å². The van der Waals surface area contributed by atoms with Crippen molar-refractivity contribution in [1.29, 1.82) is 5.26 Å². The van der Waals surface area contributed by atoms with Crippen molar-refractivity contribution in [3.8, 4) is 6.07 Å². The van der Waals surface area contributed by atoms with E-state index in [0.29, 0.717) is 6.04 Å². The van der Waals surface area contributed by atoms with Gasteiger partial charge in [0.15, 0.2) is 0 Å². The normalized spacial score (nSPS) is 18.3. The standard InChI is InChI=1S/C17H25N3O/c1-14(21-2)12-19-17-7-9-20(10-8-17)13-16-5-3-15(11-18)4-6-16/h3-6,14,17,19H,7-10,12-13H2,1-2H3/t14-/m1/s1. The van der Waals surface area contributed by atoms with Crippen LogP contribution in [0.15, 0.2) is 24.3 Å². The third-order valence-electron chi connectivity index (χ3n) is 4.17. The summed E-state index contributed by atoms with van der Waals surface area (Å²) in [4.78, 5) is 2.49. The lowest BCUT2D eigenvalue weighted by atomic mass is 10.0. The second-order valence-electron chi connectivity index (χ2n) is 5.81. The predicted molar refractivity (Wildman–Crippen MR) is 83.9 cm³/mol. The summed E-state index contributed by atoms with van der Waals surface area (Å²) in [6.07, 6.45) is 2.65. The summed E-state index contributed by atoms with van der Waals surface area (Å²) in [5.74, 6) is 0. The van der Waals surface area contributed by atoms with E-state index in [-0.39, 0.29) is 6.10 Å². The zero-order valence-corrected chi connectivity index (χ0v) is 13.0. The fraction of sp³-hybridized carbons (Fsp3) is 0.588. The molecule has 1 aliphatic rings. The molecule has 1 atom stereocenters. The summed E-state index contributed by atoms with van der Waals surface area (Å²) < 4.78 is 5.26. The Bertz CT molecular complexity index is 458. The highest BCUT2D eigenvalue weighted by atomic mass is 16.5. The molecule has 1 saturated heterocycles. The molecule has 2 rings (SSSR count). The molecule has 0 saturated carbocycles. The number of likely N-dealkylation sites (tertiary alicyclic amines) is 1. The minimum atomic E-state index is 0.279. The Labute approximate surface area is 127 Å². The molecule has 114 valence electrons. The minimum Gasteiger partial charge on any atom is -0.380 e. The Kier molecular flexibility index (Phi) is 6.19. The molecular formula is C17H25N3O. The molecule has 4 heteroatoms. The lowest BCUT2D eigenvalue weighted by molar-refractivity contribution is 0.108. The lowest BCUT2D eigenvalue weighted by Gasteiger charge is -2.33. The van der Waals surface area contributed by atoms with Crippen LogP contribution in [0.3, 0.4) is 0 Å². The first-order valence-corrected chi connectivity index (χ1v) is 7.69. The Morgan fingerprint density at radius 2 is 2.00 bits per heavy atom. The first-order chi connectivity index (χ1) is 10.2. The van der Waals surface area contributed by atoms with Gasteiger partial charge in [0.25, 0.3) is 0 Å². The molecule has 0 aliphatic carbocycles. The maximum atomic E-state index is 8.81. The van der Waals surface area contributed by atoms with Crippen LogP contribution in [0, 0.1) is 11.3 Å². The quantitative estimate of drug-likeness (QED) is 0.871. The first kappa shape index (κ1) is 16.0. The third-order valence-corrected chi connectivity index (χ3v) is 4.17. The molecule has 1 N–H and O–H groups in total. The fourth-order valence-electron chi connectivity index (χ4n) is 2.65. The summed E-state index contributed by atoms with van der Waals surface area (Å²) >= 11 is 0. The van der Waals surface area contributed by atoms with Gasteiger partial charge in [-0.15, -0.1) is 0 Å². The predicted octanol–water partition coefficient (Wildman–Crippen LogP) is 2.15. The summed E-state index contributed by atoms with van der Waals surface area (Å²) in [6, 6.07) is 10.7. The topological polar surface area (TPSA) is 48.3 Å². The Hall–Kier alpha value is -1.41. The van der Waals surface area contributed by atoms with Crippen LogP contribution in [0.5, 0.6) is 0 Å². The fourth-order valence-corrected chi connectivity index (χ4v) is 2.65. The van der Waals surface area contributed by atoms with Gasteiger partial charge >= 0.3 is 0 Å². The van der Waals surface area contributed by atoms with Gasteiger partial charge in [0, 0.05) is 26.2 Å². The van der Waals surface area contributed by atoms with Crippen molar-refractivity contribution in [2.75, 3.05) is 26.7 Å². The zero-order valence-electron chi connectivity index (χ0n) is 13.0. The van der Waals surface area contributed by atoms with Crippen molar-refractivity contribution in [3.63, 3.8) is 0 Å². The van der Waals surface area contributed by atoms with E-state index < -0.39 is 0 Å². The number of nitrogens with one attached hydrogen (secondary N) is 1. The van der Waals surface area contributed by atoms with Crippen LogP contribution >= 0.6 is 0 Å². The van der Waals surface area contributed by atoms with Crippen molar-refractivity contribution in [2.45, 2.75) is 38.5 Å². The first-order valence-electron chi connectivity index (χ1n) is 7.69. The molecule has 0 radical (unpaired) electrons. The summed E-state index contributed by atoms with van der Waals surface area (Å²) in [7, 11) is 1.76. The largest absolute Gasteiger partial charge is 0.380 e. The van der Waals surface area contributed by atoms with Gasteiger partial charge in [-0.1, -0.05) is 12.1 Å². The third kappa shape index (κ3) is 5.13. The summed E-state index contributed by atoms with van der Waals surface area (Å²) in [5, 5.41) is 12.4. The van der Waals surface area contributed by atoms with Gasteiger partial charge < -0.3 is 10.1 Å².